The van der Waals surface area contributed by atoms with Gasteiger partial charge in [0.2, 0.25) is 11.8 Å². The second-order valence-corrected chi connectivity index (χ2v) is 12.7. The Kier molecular flexibility index (Phi) is 11.1. The Morgan fingerprint density at radius 1 is 0.854 bits per heavy atom. The monoisotopic (exact) mass is 577 g/mol. The zero-order valence-corrected chi connectivity index (χ0v) is 25.8. The molecular formula is C33H43N3O4S. The molecule has 41 heavy (non-hydrogen) atoms. The van der Waals surface area contributed by atoms with E-state index in [-0.39, 0.29) is 29.3 Å². The van der Waals surface area contributed by atoms with Crippen molar-refractivity contribution < 1.29 is 18.0 Å². The molecule has 0 saturated carbocycles. The van der Waals surface area contributed by atoms with E-state index in [1.54, 1.807) is 43.3 Å². The molecule has 220 valence electrons. The summed E-state index contributed by atoms with van der Waals surface area (Å²) >= 11 is 0. The van der Waals surface area contributed by atoms with Gasteiger partial charge >= 0.3 is 0 Å². The first-order valence-corrected chi connectivity index (χ1v) is 15.7. The maximum atomic E-state index is 14.0. The van der Waals surface area contributed by atoms with Crippen LogP contribution >= 0.6 is 0 Å². The van der Waals surface area contributed by atoms with E-state index in [1.165, 1.54) is 4.90 Å². The first-order valence-electron chi connectivity index (χ1n) is 14.3. The zero-order valence-electron chi connectivity index (χ0n) is 25.0. The number of anilines is 1. The van der Waals surface area contributed by atoms with Gasteiger partial charge in [0.15, 0.2) is 0 Å². The molecule has 0 spiro atoms. The fourth-order valence-corrected chi connectivity index (χ4v) is 5.84. The summed E-state index contributed by atoms with van der Waals surface area (Å²) in [7, 11) is -4.08. The summed E-state index contributed by atoms with van der Waals surface area (Å²) in [5.41, 5.74) is 3.41. The number of hydrogen-bond acceptors (Lipinski definition) is 4. The fraction of sp³-hybridized carbons (Fsp3) is 0.394. The topological polar surface area (TPSA) is 86.8 Å². The predicted molar refractivity (Wildman–Crippen MR) is 165 cm³/mol. The van der Waals surface area contributed by atoms with Gasteiger partial charge in [-0.3, -0.25) is 13.9 Å². The third kappa shape index (κ3) is 8.43. The van der Waals surface area contributed by atoms with Gasteiger partial charge in [0.05, 0.1) is 10.6 Å². The lowest BCUT2D eigenvalue weighted by molar-refractivity contribution is -0.139. The molecule has 3 aromatic carbocycles. The quantitative estimate of drug-likeness (QED) is 0.283. The number of carbonyl (C=O) groups excluding carboxylic acids is 2. The summed E-state index contributed by atoms with van der Waals surface area (Å²) in [6.07, 6.45) is 1.28. The van der Waals surface area contributed by atoms with Gasteiger partial charge in [-0.25, -0.2) is 8.42 Å². The Labute approximate surface area is 245 Å². The molecule has 0 aliphatic rings. The van der Waals surface area contributed by atoms with E-state index in [9.17, 15) is 18.0 Å². The Morgan fingerprint density at radius 3 is 2.02 bits per heavy atom. The van der Waals surface area contributed by atoms with E-state index in [0.717, 1.165) is 27.4 Å². The number of benzene rings is 3. The highest BCUT2D eigenvalue weighted by molar-refractivity contribution is 7.92. The van der Waals surface area contributed by atoms with Gasteiger partial charge in [-0.1, -0.05) is 80.9 Å². The van der Waals surface area contributed by atoms with Crippen LogP contribution in [0.5, 0.6) is 0 Å². The maximum absolute atomic E-state index is 14.0. The number of carbonyl (C=O) groups is 2. The number of aryl methyl sites for hydroxylation is 1. The van der Waals surface area contributed by atoms with E-state index >= 15 is 0 Å². The minimum absolute atomic E-state index is 0.0473. The summed E-state index contributed by atoms with van der Waals surface area (Å²) < 4.78 is 29.1. The Bertz CT molecular complexity index is 1390. The van der Waals surface area contributed by atoms with Crippen molar-refractivity contribution in [2.24, 2.45) is 0 Å². The number of nitrogens with one attached hydrogen (secondary N) is 1. The van der Waals surface area contributed by atoms with Gasteiger partial charge in [0.25, 0.3) is 10.0 Å². The molecule has 8 heteroatoms. The third-order valence-electron chi connectivity index (χ3n) is 7.39. The lowest BCUT2D eigenvalue weighted by atomic mass is 10.0. The first kappa shape index (κ1) is 31.9. The van der Waals surface area contributed by atoms with Crippen LogP contribution in [0.25, 0.3) is 0 Å². The number of sulfonamides is 1. The molecule has 1 N–H and O–H groups in total. The minimum atomic E-state index is -4.08. The zero-order chi connectivity index (χ0) is 30.2. The van der Waals surface area contributed by atoms with E-state index in [2.05, 4.69) is 19.2 Å². The van der Waals surface area contributed by atoms with Crippen molar-refractivity contribution in [2.75, 3.05) is 17.4 Å². The largest absolute Gasteiger partial charge is 0.352 e. The molecule has 3 rings (SSSR count). The second kappa shape index (κ2) is 14.3. The highest BCUT2D eigenvalue weighted by Crippen LogP contribution is 2.26. The SMILES string of the molecule is CC[C@@H](C)NC(=O)[C@@H](C)N(CCc1ccccc1)C(=O)CN(c1ccc(C(C)C)cc1)S(=O)(=O)c1ccc(C)cc1. The van der Waals surface area contributed by atoms with Gasteiger partial charge in [-0.05, 0) is 74.9 Å². The minimum Gasteiger partial charge on any atom is -0.352 e. The molecule has 0 unspecified atom stereocenters. The van der Waals surface area contributed by atoms with E-state index in [0.29, 0.717) is 12.1 Å². The van der Waals surface area contributed by atoms with Crippen molar-refractivity contribution in [3.05, 3.63) is 95.6 Å². The van der Waals surface area contributed by atoms with Crippen LogP contribution in [0.1, 0.15) is 63.6 Å². The fourth-order valence-electron chi connectivity index (χ4n) is 4.43. The summed E-state index contributed by atoms with van der Waals surface area (Å²) in [5.74, 6) is -0.447. The molecule has 0 aromatic heterocycles. The summed E-state index contributed by atoms with van der Waals surface area (Å²) in [4.78, 5) is 28.7. The highest BCUT2D eigenvalue weighted by atomic mass is 32.2. The first-order chi connectivity index (χ1) is 19.4. The average Bonchev–Trinajstić information content (AvgIpc) is 2.96. The molecule has 0 aliphatic carbocycles. The van der Waals surface area contributed by atoms with Gasteiger partial charge in [-0.2, -0.15) is 0 Å². The van der Waals surface area contributed by atoms with Crippen molar-refractivity contribution in [1.82, 2.24) is 10.2 Å². The Hall–Kier alpha value is -3.65. The summed E-state index contributed by atoms with van der Waals surface area (Å²) in [6.45, 7) is 11.4. The van der Waals surface area contributed by atoms with Crippen LogP contribution in [0.2, 0.25) is 0 Å². The van der Waals surface area contributed by atoms with Crippen molar-refractivity contribution in [2.45, 2.75) is 77.3 Å². The van der Waals surface area contributed by atoms with Crippen LogP contribution < -0.4 is 9.62 Å². The van der Waals surface area contributed by atoms with E-state index in [1.807, 2.05) is 63.2 Å². The van der Waals surface area contributed by atoms with Crippen LogP contribution in [-0.4, -0.2) is 50.3 Å². The standard InChI is InChI=1S/C33H43N3O4S/c1-7-26(5)34-33(38)27(6)35(22-21-28-11-9-8-10-12-28)32(37)23-36(30-17-15-29(16-18-30)24(2)3)41(39,40)31-19-13-25(4)14-20-31/h8-20,24,26-27H,7,21-23H2,1-6H3,(H,34,38)/t26-,27-/m1/s1. The smallest absolute Gasteiger partial charge is 0.264 e. The van der Waals surface area contributed by atoms with E-state index < -0.39 is 28.5 Å². The molecule has 0 fully saturated rings. The third-order valence-corrected chi connectivity index (χ3v) is 9.18. The average molecular weight is 578 g/mol. The molecule has 2 atom stereocenters. The highest BCUT2D eigenvalue weighted by Gasteiger charge is 2.32. The van der Waals surface area contributed by atoms with Crippen LogP contribution in [0.3, 0.4) is 0 Å². The van der Waals surface area contributed by atoms with Crippen molar-refractivity contribution in [1.29, 1.82) is 0 Å². The molecule has 0 saturated heterocycles. The molecule has 0 radical (unpaired) electrons. The molecule has 3 aromatic rings. The molecule has 0 heterocycles. The van der Waals surface area contributed by atoms with Gasteiger partial charge in [-0.15, -0.1) is 0 Å². The summed E-state index contributed by atoms with van der Waals surface area (Å²) in [5, 5.41) is 2.96. The number of amides is 2. The summed E-state index contributed by atoms with van der Waals surface area (Å²) in [6, 6.07) is 22.7. The Balaban J connectivity index is 1.99. The lowest BCUT2D eigenvalue weighted by Crippen LogP contribution is -2.53. The van der Waals surface area contributed by atoms with Crippen molar-refractivity contribution >= 4 is 27.5 Å². The number of rotatable bonds is 13. The van der Waals surface area contributed by atoms with Gasteiger partial charge in [0.1, 0.15) is 12.6 Å². The predicted octanol–water partition coefficient (Wildman–Crippen LogP) is 5.69. The van der Waals surface area contributed by atoms with Crippen LogP contribution in [-0.2, 0) is 26.0 Å². The van der Waals surface area contributed by atoms with Crippen LogP contribution in [0.4, 0.5) is 5.69 Å². The van der Waals surface area contributed by atoms with Gasteiger partial charge < -0.3 is 10.2 Å². The lowest BCUT2D eigenvalue weighted by Gasteiger charge is -2.32. The number of hydrogen-bond donors (Lipinski definition) is 1. The maximum Gasteiger partial charge on any atom is 0.264 e. The van der Waals surface area contributed by atoms with Gasteiger partial charge in [0, 0.05) is 12.6 Å². The Morgan fingerprint density at radius 2 is 1.46 bits per heavy atom. The van der Waals surface area contributed by atoms with E-state index in [4.69, 9.17) is 0 Å². The number of nitrogens with zero attached hydrogens (tertiary/aromatic N) is 2. The second-order valence-electron chi connectivity index (χ2n) is 10.9. The van der Waals surface area contributed by atoms with Crippen LogP contribution in [0.15, 0.2) is 83.8 Å². The molecule has 7 nitrogen and oxygen atoms in total. The van der Waals surface area contributed by atoms with Crippen molar-refractivity contribution in [3.63, 3.8) is 0 Å². The molecular weight excluding hydrogens is 534 g/mol. The molecule has 0 bridgehead atoms. The molecule has 2 amide bonds. The molecule has 0 aliphatic heterocycles. The van der Waals surface area contributed by atoms with Crippen molar-refractivity contribution in [3.8, 4) is 0 Å². The normalized spacial score (nSPS) is 13.0. The van der Waals surface area contributed by atoms with Crippen LogP contribution in [0, 0.1) is 6.92 Å².